The molecule has 0 aliphatic carbocycles. The first kappa shape index (κ1) is 53.1. The van der Waals surface area contributed by atoms with Crippen LogP contribution >= 0.6 is 7.82 Å². The van der Waals surface area contributed by atoms with E-state index in [1.807, 2.05) is 24.3 Å². The minimum atomic E-state index is -4.66. The van der Waals surface area contributed by atoms with Crippen LogP contribution in [0, 0.1) is 0 Å². The Balaban J connectivity index is 4.60. The standard InChI is InChI=1S/C44H73O11P/c1-3-5-7-9-11-13-14-15-16-17-18-20-22-26-31-35-44(49)55-42(39-54-56(50,51)53-37-41(47)36-45)38-52-43(48)34-30-27-23-25-29-33-40(46)32-28-24-21-19-12-10-8-6-4-2/h11-13,15-16,18-20,23-25,28-29,33,40-42,45-47H,3-10,14,17,21-22,26-27,30-32,34-39H2,1-2H3,(H,50,51)/b13-11-,16-15-,19-12-,20-18-,25-23+,28-24-,33-29-/t40?,41-,42+/m0/s1. The number of rotatable bonds is 37. The van der Waals surface area contributed by atoms with E-state index < -0.39 is 64.5 Å². The number of unbranched alkanes of at least 4 members (excludes halogenated alkanes) is 9. The molecule has 0 heterocycles. The summed E-state index contributed by atoms with van der Waals surface area (Å²) in [5, 5.41) is 28.4. The van der Waals surface area contributed by atoms with Crippen molar-refractivity contribution in [3.63, 3.8) is 0 Å². The van der Waals surface area contributed by atoms with Gasteiger partial charge in [-0.25, -0.2) is 4.57 Å². The van der Waals surface area contributed by atoms with Crippen molar-refractivity contribution in [1.82, 2.24) is 0 Å². The number of phosphoric ester groups is 1. The van der Waals surface area contributed by atoms with Gasteiger partial charge in [0.1, 0.15) is 12.7 Å². The molecule has 0 aromatic heterocycles. The lowest BCUT2D eigenvalue weighted by Gasteiger charge is -2.20. The molecule has 0 spiro atoms. The molecule has 0 amide bonds. The lowest BCUT2D eigenvalue weighted by molar-refractivity contribution is -0.161. The molecular weight excluding hydrogens is 735 g/mol. The SMILES string of the molecule is CCCCC/C=C\C/C=C\C/C=C\CCCCC(=O)O[C@H](COC(=O)CCC/C=C/C=C\C(O)C/C=C\C/C=C\CCCCC)COP(=O)(O)OC[C@@H](O)CO. The van der Waals surface area contributed by atoms with Gasteiger partial charge in [-0.2, -0.15) is 0 Å². The molecule has 0 bridgehead atoms. The highest BCUT2D eigenvalue weighted by Crippen LogP contribution is 2.43. The van der Waals surface area contributed by atoms with E-state index in [0.717, 1.165) is 44.9 Å². The van der Waals surface area contributed by atoms with Crippen molar-refractivity contribution in [2.24, 2.45) is 0 Å². The van der Waals surface area contributed by atoms with E-state index in [9.17, 15) is 29.3 Å². The number of ether oxygens (including phenoxy) is 2. The maximum absolute atomic E-state index is 12.6. The van der Waals surface area contributed by atoms with Crippen LogP contribution in [0.15, 0.2) is 85.1 Å². The summed E-state index contributed by atoms with van der Waals surface area (Å²) in [5.41, 5.74) is 0. The second-order valence-corrected chi connectivity index (χ2v) is 15.0. The zero-order valence-electron chi connectivity index (χ0n) is 34.2. The summed E-state index contributed by atoms with van der Waals surface area (Å²) < 4.78 is 32.5. The largest absolute Gasteiger partial charge is 0.472 e. The van der Waals surface area contributed by atoms with Crippen LogP contribution < -0.4 is 0 Å². The molecule has 0 aliphatic heterocycles. The van der Waals surface area contributed by atoms with Gasteiger partial charge in [-0.3, -0.25) is 18.6 Å². The molecule has 0 radical (unpaired) electrons. The molecular formula is C44H73O11P. The molecule has 0 saturated heterocycles. The molecule has 56 heavy (non-hydrogen) atoms. The van der Waals surface area contributed by atoms with Crippen molar-refractivity contribution in [2.45, 2.75) is 154 Å². The van der Waals surface area contributed by atoms with Crippen LogP contribution in [0.5, 0.6) is 0 Å². The monoisotopic (exact) mass is 808 g/mol. The smallest absolute Gasteiger partial charge is 0.462 e. The van der Waals surface area contributed by atoms with Gasteiger partial charge in [-0.1, -0.05) is 125 Å². The molecule has 0 rings (SSSR count). The van der Waals surface area contributed by atoms with E-state index in [2.05, 4.69) is 67.0 Å². The normalized spacial score (nSPS) is 15.3. The van der Waals surface area contributed by atoms with Crippen molar-refractivity contribution >= 4 is 19.8 Å². The summed E-state index contributed by atoms with van der Waals surface area (Å²) in [4.78, 5) is 34.9. The van der Waals surface area contributed by atoms with Crippen LogP contribution in [0.1, 0.15) is 136 Å². The Morgan fingerprint density at radius 1 is 0.607 bits per heavy atom. The van der Waals surface area contributed by atoms with Crippen LogP contribution in [0.25, 0.3) is 0 Å². The molecule has 0 aromatic rings. The topological polar surface area (TPSA) is 169 Å². The van der Waals surface area contributed by atoms with Gasteiger partial charge in [0.2, 0.25) is 0 Å². The van der Waals surface area contributed by atoms with Gasteiger partial charge in [-0.05, 0) is 83.5 Å². The average molecular weight is 809 g/mol. The predicted octanol–water partition coefficient (Wildman–Crippen LogP) is 9.63. The first-order chi connectivity index (χ1) is 27.1. The second kappa shape index (κ2) is 39.0. The molecule has 4 N–H and O–H groups in total. The highest BCUT2D eigenvalue weighted by atomic mass is 31.2. The molecule has 0 aliphatic rings. The van der Waals surface area contributed by atoms with Crippen LogP contribution in [-0.2, 0) is 32.7 Å². The van der Waals surface area contributed by atoms with E-state index in [1.165, 1.54) is 38.5 Å². The van der Waals surface area contributed by atoms with Crippen molar-refractivity contribution in [3.05, 3.63) is 85.1 Å². The summed E-state index contributed by atoms with van der Waals surface area (Å²) in [6, 6.07) is 0. The van der Waals surface area contributed by atoms with Gasteiger partial charge in [0.15, 0.2) is 6.10 Å². The predicted molar refractivity (Wildman–Crippen MR) is 225 cm³/mol. The number of hydrogen-bond acceptors (Lipinski definition) is 10. The lowest BCUT2D eigenvalue weighted by Crippen LogP contribution is -2.29. The number of carbonyl (C=O) groups excluding carboxylic acids is 2. The maximum atomic E-state index is 12.6. The number of phosphoric acid groups is 1. The Morgan fingerprint density at radius 3 is 1.71 bits per heavy atom. The first-order valence-electron chi connectivity index (χ1n) is 20.7. The Labute approximate surface area is 337 Å². The zero-order chi connectivity index (χ0) is 41.4. The molecule has 0 saturated carbocycles. The highest BCUT2D eigenvalue weighted by Gasteiger charge is 2.27. The number of allylic oxidation sites excluding steroid dienone is 12. The van der Waals surface area contributed by atoms with Crippen molar-refractivity contribution in [2.75, 3.05) is 26.4 Å². The third kappa shape index (κ3) is 38.0. The number of hydrogen-bond donors (Lipinski definition) is 4. The van der Waals surface area contributed by atoms with Gasteiger partial charge in [0, 0.05) is 12.8 Å². The summed E-state index contributed by atoms with van der Waals surface area (Å²) >= 11 is 0. The van der Waals surface area contributed by atoms with E-state index >= 15 is 0 Å². The fraction of sp³-hybridized carbons (Fsp3) is 0.636. The molecule has 12 heteroatoms. The van der Waals surface area contributed by atoms with Crippen molar-refractivity contribution in [3.8, 4) is 0 Å². The minimum absolute atomic E-state index is 0.0934. The number of aliphatic hydroxyl groups is 3. The zero-order valence-corrected chi connectivity index (χ0v) is 35.1. The Hall–Kier alpha value is -2.89. The molecule has 0 aromatic carbocycles. The lowest BCUT2D eigenvalue weighted by atomic mass is 10.1. The molecule has 0 fully saturated rings. The van der Waals surface area contributed by atoms with Gasteiger partial charge >= 0.3 is 19.8 Å². The Morgan fingerprint density at radius 2 is 1.12 bits per heavy atom. The Bertz CT molecular complexity index is 1220. The average Bonchev–Trinajstić information content (AvgIpc) is 3.18. The van der Waals surface area contributed by atoms with Gasteiger partial charge in [0.25, 0.3) is 0 Å². The third-order valence-electron chi connectivity index (χ3n) is 8.10. The van der Waals surface area contributed by atoms with E-state index in [4.69, 9.17) is 19.1 Å². The van der Waals surface area contributed by atoms with Gasteiger partial charge < -0.3 is 29.7 Å². The van der Waals surface area contributed by atoms with Gasteiger partial charge in [0.05, 0.1) is 25.9 Å². The first-order valence-corrected chi connectivity index (χ1v) is 22.1. The van der Waals surface area contributed by atoms with Crippen LogP contribution in [-0.4, -0.2) is 76.9 Å². The third-order valence-corrected chi connectivity index (χ3v) is 9.05. The summed E-state index contributed by atoms with van der Waals surface area (Å²) in [5.74, 6) is -1.11. The van der Waals surface area contributed by atoms with Crippen LogP contribution in [0.2, 0.25) is 0 Å². The van der Waals surface area contributed by atoms with E-state index in [0.29, 0.717) is 25.7 Å². The molecule has 11 nitrogen and oxygen atoms in total. The Kier molecular flexibility index (Phi) is 36.9. The van der Waals surface area contributed by atoms with E-state index in [1.54, 1.807) is 12.2 Å². The van der Waals surface area contributed by atoms with Crippen LogP contribution in [0.4, 0.5) is 0 Å². The quantitative estimate of drug-likeness (QED) is 0.0155. The van der Waals surface area contributed by atoms with Gasteiger partial charge in [-0.15, -0.1) is 0 Å². The summed E-state index contributed by atoms with van der Waals surface area (Å²) in [6.07, 6.45) is 41.5. The molecule has 4 atom stereocenters. The highest BCUT2D eigenvalue weighted by molar-refractivity contribution is 7.47. The summed E-state index contributed by atoms with van der Waals surface area (Å²) in [6.45, 7) is 2.08. The fourth-order valence-electron chi connectivity index (χ4n) is 4.83. The summed E-state index contributed by atoms with van der Waals surface area (Å²) in [7, 11) is -4.66. The van der Waals surface area contributed by atoms with Crippen molar-refractivity contribution in [1.29, 1.82) is 0 Å². The van der Waals surface area contributed by atoms with Crippen LogP contribution in [0.3, 0.4) is 0 Å². The molecule has 2 unspecified atom stereocenters. The minimum Gasteiger partial charge on any atom is -0.462 e. The number of aliphatic hydroxyl groups excluding tert-OH is 3. The number of carbonyl (C=O) groups is 2. The molecule has 320 valence electrons. The van der Waals surface area contributed by atoms with Crippen molar-refractivity contribution < 1.29 is 52.9 Å². The maximum Gasteiger partial charge on any atom is 0.472 e. The fourth-order valence-corrected chi connectivity index (χ4v) is 5.62. The van der Waals surface area contributed by atoms with E-state index in [-0.39, 0.29) is 12.8 Å². The number of esters is 2. The second-order valence-electron chi connectivity index (χ2n) is 13.5.